The molecule has 188 valence electrons. The van der Waals surface area contributed by atoms with E-state index >= 15 is 4.39 Å². The minimum atomic E-state index is -2.82. The Labute approximate surface area is 202 Å². The summed E-state index contributed by atoms with van der Waals surface area (Å²) in [4.78, 5) is 25.8. The number of thiol groups is 1. The maximum absolute atomic E-state index is 15.1. The third-order valence-electron chi connectivity index (χ3n) is 5.39. The lowest BCUT2D eigenvalue weighted by Gasteiger charge is -2.20. The van der Waals surface area contributed by atoms with E-state index < -0.39 is 39.7 Å². The first-order chi connectivity index (χ1) is 16.6. The largest absolute Gasteiger partial charge is 0.357 e. The highest BCUT2D eigenvalue weighted by Crippen LogP contribution is 2.25. The number of ketones is 1. The Kier molecular flexibility index (Phi) is 8.76. The van der Waals surface area contributed by atoms with Crippen LogP contribution in [0.5, 0.6) is 0 Å². The summed E-state index contributed by atoms with van der Waals surface area (Å²) in [5.74, 6) is -4.60. The second-order valence-electron chi connectivity index (χ2n) is 8.27. The normalized spacial score (nSPS) is 11.5. The molecule has 0 atom stereocenters. The molecule has 1 N–H and O–H groups in total. The molecule has 12 heteroatoms. The number of nitrogens with one attached hydrogen (secondary N) is 1. The maximum atomic E-state index is 15.1. The summed E-state index contributed by atoms with van der Waals surface area (Å²) in [6, 6.07) is 4.91. The number of nitrogens with zero attached hydrogens (tertiary/aromatic N) is 4. The zero-order chi connectivity index (χ0) is 25.7. The van der Waals surface area contributed by atoms with E-state index in [1.807, 2.05) is 30.9 Å². The van der Waals surface area contributed by atoms with Crippen LogP contribution >= 0.6 is 0 Å². The Morgan fingerprint density at radius 1 is 1.03 bits per heavy atom. The number of rotatable bonds is 11. The highest BCUT2D eigenvalue weighted by atomic mass is 32.2. The molecule has 0 unspecified atom stereocenters. The van der Waals surface area contributed by atoms with Gasteiger partial charge in [0.1, 0.15) is 11.6 Å². The van der Waals surface area contributed by atoms with Gasteiger partial charge in [0.2, 0.25) is 10.9 Å². The van der Waals surface area contributed by atoms with Crippen molar-refractivity contribution in [1.82, 2.24) is 19.6 Å². The van der Waals surface area contributed by atoms with Crippen LogP contribution in [0.1, 0.15) is 27.9 Å². The first-order valence-electron chi connectivity index (χ1n) is 10.8. The molecule has 0 saturated carbocycles. The number of aromatic nitrogens is 2. The van der Waals surface area contributed by atoms with Crippen molar-refractivity contribution in [2.75, 3.05) is 45.7 Å². The van der Waals surface area contributed by atoms with E-state index in [0.29, 0.717) is 29.5 Å². The van der Waals surface area contributed by atoms with Crippen molar-refractivity contribution in [1.29, 1.82) is 0 Å². The van der Waals surface area contributed by atoms with Crippen molar-refractivity contribution >= 4 is 33.5 Å². The SMILES string of the molecule is CN(C)CCN(C)c1cnc2ccc(C(=O)c3c(F)c(F)cc(CCCN[SH](=O)=O)c3F)cc2n1. The predicted molar refractivity (Wildman–Crippen MR) is 128 cm³/mol. The van der Waals surface area contributed by atoms with Gasteiger partial charge < -0.3 is 9.80 Å². The van der Waals surface area contributed by atoms with E-state index in [9.17, 15) is 22.0 Å². The number of benzene rings is 2. The molecule has 0 fully saturated rings. The van der Waals surface area contributed by atoms with Gasteiger partial charge in [-0.2, -0.15) is 0 Å². The Bertz CT molecular complexity index is 1310. The monoisotopic (exact) mass is 509 g/mol. The smallest absolute Gasteiger partial charge is 0.201 e. The lowest BCUT2D eigenvalue weighted by Crippen LogP contribution is -2.29. The third-order valence-corrected chi connectivity index (χ3v) is 5.87. The minimum absolute atomic E-state index is 0.00488. The average molecular weight is 510 g/mol. The summed E-state index contributed by atoms with van der Waals surface area (Å²) in [6.45, 7) is 1.45. The fourth-order valence-corrected chi connectivity index (χ4v) is 3.76. The fourth-order valence-electron chi connectivity index (χ4n) is 3.42. The van der Waals surface area contributed by atoms with Crippen molar-refractivity contribution in [2.45, 2.75) is 12.8 Å². The number of hydrogen-bond acceptors (Lipinski definition) is 7. The fraction of sp³-hybridized carbons (Fsp3) is 0.348. The lowest BCUT2D eigenvalue weighted by molar-refractivity contribution is 0.102. The van der Waals surface area contributed by atoms with Crippen LogP contribution in [0.25, 0.3) is 11.0 Å². The van der Waals surface area contributed by atoms with Crippen LogP contribution in [0.4, 0.5) is 19.0 Å². The molecule has 1 heterocycles. The molecule has 3 aromatic rings. The number of anilines is 1. The minimum Gasteiger partial charge on any atom is -0.357 e. The van der Waals surface area contributed by atoms with E-state index in [0.717, 1.165) is 6.54 Å². The van der Waals surface area contributed by atoms with Crippen molar-refractivity contribution < 1.29 is 26.4 Å². The van der Waals surface area contributed by atoms with Gasteiger partial charge in [0.15, 0.2) is 17.4 Å². The van der Waals surface area contributed by atoms with Crippen LogP contribution in [0, 0.1) is 17.5 Å². The molecular formula is C23H26F3N5O3S. The van der Waals surface area contributed by atoms with E-state index in [-0.39, 0.29) is 30.5 Å². The van der Waals surface area contributed by atoms with E-state index in [2.05, 4.69) is 14.7 Å². The number of halogens is 3. The molecule has 0 spiro atoms. The van der Waals surface area contributed by atoms with E-state index in [1.54, 1.807) is 6.20 Å². The predicted octanol–water partition coefficient (Wildman–Crippen LogP) is 2.32. The van der Waals surface area contributed by atoms with Crippen LogP contribution in [0.2, 0.25) is 0 Å². The van der Waals surface area contributed by atoms with Gasteiger partial charge in [-0.1, -0.05) is 0 Å². The van der Waals surface area contributed by atoms with Gasteiger partial charge in [0.25, 0.3) is 0 Å². The Morgan fingerprint density at radius 3 is 2.46 bits per heavy atom. The van der Waals surface area contributed by atoms with E-state index in [4.69, 9.17) is 0 Å². The van der Waals surface area contributed by atoms with Crippen LogP contribution in [0.3, 0.4) is 0 Å². The van der Waals surface area contributed by atoms with E-state index in [1.165, 1.54) is 18.2 Å². The molecule has 0 bridgehead atoms. The highest BCUT2D eigenvalue weighted by molar-refractivity contribution is 7.70. The van der Waals surface area contributed by atoms with Gasteiger partial charge >= 0.3 is 0 Å². The second-order valence-corrected chi connectivity index (χ2v) is 9.11. The number of likely N-dealkylation sites (N-methyl/N-ethyl adjacent to an activating group) is 2. The van der Waals surface area contributed by atoms with Gasteiger partial charge in [-0.05, 0) is 56.8 Å². The van der Waals surface area contributed by atoms with Gasteiger partial charge in [-0.15, -0.1) is 0 Å². The van der Waals surface area contributed by atoms with Crippen molar-refractivity contribution in [2.24, 2.45) is 0 Å². The summed E-state index contributed by atoms with van der Waals surface area (Å²) in [5, 5.41) is 0. The molecule has 1 aromatic heterocycles. The van der Waals surface area contributed by atoms with Gasteiger partial charge in [-0.25, -0.2) is 31.3 Å². The molecule has 2 aromatic carbocycles. The second kappa shape index (κ2) is 11.6. The summed E-state index contributed by atoms with van der Waals surface area (Å²) >= 11 is 0. The van der Waals surface area contributed by atoms with Gasteiger partial charge in [-0.3, -0.25) is 9.78 Å². The number of fused-ring (bicyclic) bond motifs is 1. The Balaban J connectivity index is 1.92. The standard InChI is InChI=1S/C23H26F3N5O3S/c1-30(2)9-10-31(3)19-13-27-17-7-6-15(12-18(17)29-19)23(32)20-21(25)14(11-16(24)22(20)26)5-4-8-28-35(33)34/h6-7,11-13,35H,4-5,8-10H2,1-3H3,(H,28,33,34). The van der Waals surface area contributed by atoms with Gasteiger partial charge in [0, 0.05) is 32.2 Å². The topological polar surface area (TPSA) is 95.5 Å². The van der Waals surface area contributed by atoms with Crippen LogP contribution in [-0.2, 0) is 17.3 Å². The molecule has 8 nitrogen and oxygen atoms in total. The van der Waals surface area contributed by atoms with Crippen LogP contribution < -0.4 is 9.62 Å². The molecule has 0 aliphatic rings. The highest BCUT2D eigenvalue weighted by Gasteiger charge is 2.25. The summed E-state index contributed by atoms with van der Waals surface area (Å²) in [5.41, 5.74) is -0.467. The van der Waals surface area contributed by atoms with Crippen LogP contribution in [0.15, 0.2) is 30.5 Å². The number of aryl methyl sites for hydroxylation is 1. The summed E-state index contributed by atoms with van der Waals surface area (Å²) in [7, 11) is 2.91. The lowest BCUT2D eigenvalue weighted by atomic mass is 9.97. The zero-order valence-corrected chi connectivity index (χ0v) is 20.4. The molecular weight excluding hydrogens is 483 g/mol. The first-order valence-corrected chi connectivity index (χ1v) is 12.0. The molecule has 0 aliphatic carbocycles. The Hall–Kier alpha value is -3.09. The summed E-state index contributed by atoms with van der Waals surface area (Å²) in [6.07, 6.45) is 1.63. The molecule has 0 amide bonds. The molecule has 0 aliphatic heterocycles. The number of hydrogen-bond donors (Lipinski definition) is 2. The number of carbonyl (C=O) groups is 1. The summed E-state index contributed by atoms with van der Waals surface area (Å²) < 4.78 is 67.1. The van der Waals surface area contributed by atoms with Crippen molar-refractivity contribution in [3.05, 3.63) is 64.6 Å². The quantitative estimate of drug-likeness (QED) is 0.177. The molecule has 0 saturated heterocycles. The van der Waals surface area contributed by atoms with Crippen molar-refractivity contribution in [3.8, 4) is 0 Å². The average Bonchev–Trinajstić information content (AvgIpc) is 2.82. The maximum Gasteiger partial charge on any atom is 0.201 e. The number of carbonyl (C=O) groups excluding carboxylic acids is 1. The first kappa shape index (κ1) is 26.5. The van der Waals surface area contributed by atoms with Crippen LogP contribution in [-0.4, -0.2) is 69.8 Å². The Morgan fingerprint density at radius 2 is 1.77 bits per heavy atom. The van der Waals surface area contributed by atoms with Gasteiger partial charge in [0.05, 0.1) is 22.8 Å². The molecule has 0 radical (unpaired) electrons. The van der Waals surface area contributed by atoms with Crippen molar-refractivity contribution in [3.63, 3.8) is 0 Å². The third kappa shape index (κ3) is 6.53. The molecule has 35 heavy (non-hydrogen) atoms. The zero-order valence-electron chi connectivity index (χ0n) is 19.5. The molecule has 3 rings (SSSR count).